The third kappa shape index (κ3) is 8.30. The van der Waals surface area contributed by atoms with Gasteiger partial charge in [0.2, 0.25) is 0 Å². The van der Waals surface area contributed by atoms with E-state index < -0.39 is 11.8 Å². The van der Waals surface area contributed by atoms with Crippen LogP contribution in [0, 0.1) is 17.8 Å². The van der Waals surface area contributed by atoms with Gasteiger partial charge in [-0.1, -0.05) is 57.4 Å². The molecule has 4 heteroatoms. The molecule has 0 aromatic carbocycles. The van der Waals surface area contributed by atoms with Gasteiger partial charge in [0.1, 0.15) is 0 Å². The van der Waals surface area contributed by atoms with Crippen molar-refractivity contribution in [1.82, 2.24) is 0 Å². The van der Waals surface area contributed by atoms with Crippen LogP contribution in [-0.4, -0.2) is 29.1 Å². The van der Waals surface area contributed by atoms with Crippen LogP contribution in [0.3, 0.4) is 0 Å². The van der Waals surface area contributed by atoms with Crippen LogP contribution >= 0.6 is 0 Å². The van der Waals surface area contributed by atoms with Gasteiger partial charge in [-0.3, -0.25) is 0 Å². The van der Waals surface area contributed by atoms with Crippen molar-refractivity contribution in [3.63, 3.8) is 0 Å². The van der Waals surface area contributed by atoms with Crippen LogP contribution in [0.4, 0.5) is 0 Å². The lowest BCUT2D eigenvalue weighted by atomic mass is 9.86. The van der Waals surface area contributed by atoms with Crippen LogP contribution in [-0.2, 0) is 9.53 Å². The average Bonchev–Trinajstić information content (AvgIpc) is 2.97. The Kier molecular flexibility index (Phi) is 10.4. The average molecular weight is 377 g/mol. The fraction of sp³-hybridized carbons (Fsp3) is 0.652. The second-order valence-electron chi connectivity index (χ2n) is 7.61. The standard InChI is InChI=1S/C23H36O4/c1-5-6-7-8-9-10-13-20-16-15-19(3)21(20)14-11-12-18(2)17-23(25,26)22(24)27-4/h10-11,13,15-16,19-21,25-26H,5-9,14,17H2,1-4H3/t12?,19-,20-,21+/m0/s1. The molecule has 0 saturated heterocycles. The maximum Gasteiger partial charge on any atom is 0.366 e. The van der Waals surface area contributed by atoms with Crippen LogP contribution in [0.25, 0.3) is 0 Å². The Balaban J connectivity index is 2.58. The predicted molar refractivity (Wildman–Crippen MR) is 109 cm³/mol. The van der Waals surface area contributed by atoms with Gasteiger partial charge in [-0.05, 0) is 55.6 Å². The zero-order chi connectivity index (χ0) is 20.3. The SMILES string of the molecule is CCCCCCC=C[C@H]1C=C[C@H](C)[C@H]1CC=C=C(C)CC(O)(O)C(=O)OC. The van der Waals surface area contributed by atoms with Crippen molar-refractivity contribution in [1.29, 1.82) is 0 Å². The summed E-state index contributed by atoms with van der Waals surface area (Å²) < 4.78 is 4.39. The van der Waals surface area contributed by atoms with E-state index in [1.54, 1.807) is 6.92 Å². The molecule has 4 nitrogen and oxygen atoms in total. The Hall–Kier alpha value is -1.61. The first-order valence-corrected chi connectivity index (χ1v) is 10.1. The summed E-state index contributed by atoms with van der Waals surface area (Å²) in [7, 11) is 1.13. The van der Waals surface area contributed by atoms with Gasteiger partial charge in [0.25, 0.3) is 5.79 Å². The van der Waals surface area contributed by atoms with Crippen LogP contribution in [0.5, 0.6) is 0 Å². The minimum absolute atomic E-state index is 0.213. The molecule has 0 radical (unpaired) electrons. The van der Waals surface area contributed by atoms with Crippen LogP contribution in [0.2, 0.25) is 0 Å². The number of methoxy groups -OCH3 is 1. The highest BCUT2D eigenvalue weighted by molar-refractivity contribution is 5.77. The third-order valence-corrected chi connectivity index (χ3v) is 5.15. The maximum absolute atomic E-state index is 11.3. The minimum atomic E-state index is -2.50. The Bertz CT molecular complexity index is 579. The molecular weight excluding hydrogens is 340 g/mol. The molecule has 0 spiro atoms. The summed E-state index contributed by atoms with van der Waals surface area (Å²) in [4.78, 5) is 11.3. The number of aliphatic hydroxyl groups is 2. The first kappa shape index (κ1) is 23.4. The topological polar surface area (TPSA) is 66.8 Å². The zero-order valence-electron chi connectivity index (χ0n) is 17.3. The molecule has 1 aliphatic carbocycles. The van der Waals surface area contributed by atoms with Gasteiger partial charge < -0.3 is 14.9 Å². The van der Waals surface area contributed by atoms with E-state index >= 15 is 0 Å². The molecule has 1 aliphatic rings. The molecule has 1 rings (SSSR count). The number of carbonyl (C=O) groups excluding carboxylic acids is 1. The molecule has 0 fully saturated rings. The molecule has 0 bridgehead atoms. The van der Waals surface area contributed by atoms with Gasteiger partial charge in [0.05, 0.1) is 7.11 Å². The first-order chi connectivity index (χ1) is 12.8. The molecule has 0 unspecified atom stereocenters. The summed E-state index contributed by atoms with van der Waals surface area (Å²) in [5, 5.41) is 19.4. The lowest BCUT2D eigenvalue weighted by Gasteiger charge is -2.19. The van der Waals surface area contributed by atoms with Crippen molar-refractivity contribution in [2.75, 3.05) is 7.11 Å². The van der Waals surface area contributed by atoms with Crippen molar-refractivity contribution >= 4 is 5.97 Å². The van der Waals surface area contributed by atoms with Crippen LogP contribution in [0.15, 0.2) is 41.7 Å². The smallest absolute Gasteiger partial charge is 0.366 e. The quantitative estimate of drug-likeness (QED) is 0.180. The van der Waals surface area contributed by atoms with E-state index in [9.17, 15) is 15.0 Å². The summed E-state index contributed by atoms with van der Waals surface area (Å²) in [6.45, 7) is 6.18. The number of allylic oxidation sites excluding steroid dienone is 4. The van der Waals surface area contributed by atoms with Crippen molar-refractivity contribution in [2.24, 2.45) is 17.8 Å². The molecule has 2 N–H and O–H groups in total. The highest BCUT2D eigenvalue weighted by Gasteiger charge is 2.34. The lowest BCUT2D eigenvalue weighted by molar-refractivity contribution is -0.206. The summed E-state index contributed by atoms with van der Waals surface area (Å²) in [6.07, 6.45) is 18.1. The fourth-order valence-electron chi connectivity index (χ4n) is 3.49. The third-order valence-electron chi connectivity index (χ3n) is 5.15. The minimum Gasteiger partial charge on any atom is -0.465 e. The second-order valence-corrected chi connectivity index (χ2v) is 7.61. The van der Waals surface area contributed by atoms with E-state index in [0.29, 0.717) is 23.3 Å². The number of esters is 1. The van der Waals surface area contributed by atoms with E-state index in [0.717, 1.165) is 20.0 Å². The molecule has 0 saturated carbocycles. The molecule has 0 amide bonds. The molecule has 152 valence electrons. The van der Waals surface area contributed by atoms with Gasteiger partial charge in [0.15, 0.2) is 0 Å². The van der Waals surface area contributed by atoms with Crippen LogP contribution < -0.4 is 0 Å². The van der Waals surface area contributed by atoms with E-state index in [2.05, 4.69) is 48.6 Å². The van der Waals surface area contributed by atoms with Gasteiger partial charge >= 0.3 is 5.97 Å². The number of ether oxygens (including phenoxy) is 1. The van der Waals surface area contributed by atoms with Crippen molar-refractivity contribution in [2.45, 2.75) is 71.5 Å². The number of rotatable bonds is 11. The second kappa shape index (κ2) is 12.0. The van der Waals surface area contributed by atoms with Crippen molar-refractivity contribution in [3.8, 4) is 0 Å². The van der Waals surface area contributed by atoms with Gasteiger partial charge in [0, 0.05) is 6.42 Å². The zero-order valence-corrected chi connectivity index (χ0v) is 17.3. The summed E-state index contributed by atoms with van der Waals surface area (Å²) >= 11 is 0. The molecular formula is C23H36O4. The van der Waals surface area contributed by atoms with E-state index in [1.165, 1.54) is 25.7 Å². The van der Waals surface area contributed by atoms with E-state index in [4.69, 9.17) is 0 Å². The van der Waals surface area contributed by atoms with Gasteiger partial charge in [-0.25, -0.2) is 4.79 Å². The molecule has 0 aromatic heterocycles. The monoisotopic (exact) mass is 376 g/mol. The fourth-order valence-corrected chi connectivity index (χ4v) is 3.49. The Morgan fingerprint density at radius 2 is 2.00 bits per heavy atom. The molecule has 0 aromatic rings. The summed E-state index contributed by atoms with van der Waals surface area (Å²) in [5.41, 5.74) is 3.69. The van der Waals surface area contributed by atoms with E-state index in [-0.39, 0.29) is 6.42 Å². The lowest BCUT2D eigenvalue weighted by Crippen LogP contribution is -2.39. The number of hydrogen-bond acceptors (Lipinski definition) is 4. The molecule has 27 heavy (non-hydrogen) atoms. The number of unbranched alkanes of at least 4 members (excludes halogenated alkanes) is 4. The van der Waals surface area contributed by atoms with E-state index in [1.807, 2.05) is 6.08 Å². The number of hydrogen-bond donors (Lipinski definition) is 2. The summed E-state index contributed by atoms with van der Waals surface area (Å²) in [6, 6.07) is 0. The Labute approximate surface area is 164 Å². The predicted octanol–water partition coefficient (Wildman–Crippen LogP) is 4.69. The molecule has 0 aliphatic heterocycles. The van der Waals surface area contributed by atoms with Crippen molar-refractivity contribution < 1.29 is 19.7 Å². The highest BCUT2D eigenvalue weighted by atomic mass is 16.6. The van der Waals surface area contributed by atoms with Crippen LogP contribution in [0.1, 0.15) is 65.7 Å². The first-order valence-electron chi connectivity index (χ1n) is 10.1. The van der Waals surface area contributed by atoms with Gasteiger partial charge in [-0.15, -0.1) is 5.73 Å². The maximum atomic E-state index is 11.3. The Morgan fingerprint density at radius 1 is 1.26 bits per heavy atom. The Morgan fingerprint density at radius 3 is 2.67 bits per heavy atom. The number of carbonyl (C=O) groups is 1. The highest BCUT2D eigenvalue weighted by Crippen LogP contribution is 2.34. The normalized spacial score (nSPS) is 22.1. The van der Waals surface area contributed by atoms with Crippen molar-refractivity contribution in [3.05, 3.63) is 41.7 Å². The summed E-state index contributed by atoms with van der Waals surface area (Å²) in [5.74, 6) is -2.12. The molecule has 0 heterocycles. The molecule has 3 atom stereocenters. The largest absolute Gasteiger partial charge is 0.465 e. The van der Waals surface area contributed by atoms with Gasteiger partial charge in [-0.2, -0.15) is 0 Å².